The van der Waals surface area contributed by atoms with Gasteiger partial charge < -0.3 is 16.2 Å². The summed E-state index contributed by atoms with van der Waals surface area (Å²) in [6.07, 6.45) is 1.24. The zero-order valence-electron chi connectivity index (χ0n) is 17.0. The summed E-state index contributed by atoms with van der Waals surface area (Å²) in [5.74, 6) is -2.25. The third-order valence-electron chi connectivity index (χ3n) is 4.49. The van der Waals surface area contributed by atoms with E-state index in [-0.39, 0.29) is 23.6 Å². The molecule has 11 heteroatoms. The van der Waals surface area contributed by atoms with Crippen molar-refractivity contribution in [3.63, 3.8) is 0 Å². The molecule has 168 valence electrons. The second-order valence-electron chi connectivity index (χ2n) is 6.71. The Bertz CT molecular complexity index is 1370. The van der Waals surface area contributed by atoms with Crippen LogP contribution in [0, 0.1) is 23.0 Å². The zero-order valence-corrected chi connectivity index (χ0v) is 17.0. The van der Waals surface area contributed by atoms with Crippen LogP contribution in [0.5, 0.6) is 5.75 Å². The fourth-order valence-corrected chi connectivity index (χ4v) is 2.74. The number of nitrogens with one attached hydrogen (secondary N) is 2. The van der Waals surface area contributed by atoms with E-state index in [1.807, 2.05) is 6.07 Å². The molecule has 4 aromatic rings. The first kappa shape index (κ1) is 23.1. The molecule has 0 saturated heterocycles. The van der Waals surface area contributed by atoms with Crippen LogP contribution < -0.4 is 16.6 Å². The normalized spacial score (nSPS) is 10.2. The number of nitrogens with two attached hydrogens (primary N) is 1. The van der Waals surface area contributed by atoms with Crippen LogP contribution in [0.3, 0.4) is 0 Å². The van der Waals surface area contributed by atoms with Crippen LogP contribution >= 0.6 is 0 Å². The number of halogens is 2. The number of aromatic hydroxyl groups is 1. The number of carbonyl (C=O) groups is 1. The van der Waals surface area contributed by atoms with Gasteiger partial charge in [0.15, 0.2) is 11.3 Å². The first-order valence-electron chi connectivity index (χ1n) is 9.54. The second kappa shape index (κ2) is 10.2. The maximum Gasteiger partial charge on any atom is 0.315 e. The van der Waals surface area contributed by atoms with Gasteiger partial charge in [-0.05, 0) is 35.4 Å². The van der Waals surface area contributed by atoms with Gasteiger partial charge in [-0.3, -0.25) is 14.7 Å². The molecular weight excluding hydrogens is 434 g/mol. The molecule has 0 atom stereocenters. The van der Waals surface area contributed by atoms with Crippen molar-refractivity contribution < 1.29 is 18.7 Å². The van der Waals surface area contributed by atoms with E-state index in [9.17, 15) is 23.5 Å². The van der Waals surface area contributed by atoms with Gasteiger partial charge in [-0.25, -0.2) is 13.8 Å². The molecule has 2 aromatic heterocycles. The Hall–Kier alpha value is -4.56. The maximum absolute atomic E-state index is 12.8. The fourth-order valence-electron chi connectivity index (χ4n) is 2.74. The van der Waals surface area contributed by atoms with Crippen molar-refractivity contribution in [2.75, 3.05) is 0 Å². The quantitative estimate of drug-likeness (QED) is 0.372. The lowest BCUT2D eigenvalue weighted by molar-refractivity contribution is 0.0942. The standard InChI is InChI=1S/C15H10FN5O3.C7H8FN/c16-10-3-1-8(2-4-10)6-18-14(23)11-12(22)15(24)21-13(20-11)9(5-17)7-19-21;8-7-3-1-6(5-9)2-4-7/h1-4,7,19,22H,6H2,(H,18,23);1-4H,5,9H2. The minimum absolute atomic E-state index is 0.0534. The highest BCUT2D eigenvalue weighted by Crippen LogP contribution is 2.13. The monoisotopic (exact) mass is 452 g/mol. The Kier molecular flexibility index (Phi) is 7.12. The van der Waals surface area contributed by atoms with Crippen molar-refractivity contribution in [3.8, 4) is 11.8 Å². The summed E-state index contributed by atoms with van der Waals surface area (Å²) in [4.78, 5) is 28.1. The largest absolute Gasteiger partial charge is 0.501 e. The lowest BCUT2D eigenvalue weighted by atomic mass is 10.2. The molecule has 0 fully saturated rings. The van der Waals surface area contributed by atoms with Gasteiger partial charge in [-0.2, -0.15) is 9.78 Å². The van der Waals surface area contributed by atoms with Crippen molar-refractivity contribution in [1.29, 1.82) is 5.26 Å². The van der Waals surface area contributed by atoms with Gasteiger partial charge in [0.25, 0.3) is 5.91 Å². The number of fused-ring (bicyclic) bond motifs is 1. The van der Waals surface area contributed by atoms with E-state index in [2.05, 4.69) is 15.4 Å². The number of hydrogen-bond acceptors (Lipinski definition) is 6. The number of nitriles is 1. The lowest BCUT2D eigenvalue weighted by Crippen LogP contribution is -2.27. The number of aromatic nitrogens is 3. The maximum atomic E-state index is 12.8. The lowest BCUT2D eigenvalue weighted by Gasteiger charge is -2.06. The second-order valence-corrected chi connectivity index (χ2v) is 6.71. The molecule has 33 heavy (non-hydrogen) atoms. The minimum atomic E-state index is -0.895. The molecule has 0 aliphatic heterocycles. The predicted octanol–water partition coefficient (Wildman–Crippen LogP) is 1.95. The third kappa shape index (κ3) is 5.38. The van der Waals surface area contributed by atoms with Crippen molar-refractivity contribution in [1.82, 2.24) is 19.9 Å². The van der Waals surface area contributed by atoms with Crippen molar-refractivity contribution >= 4 is 11.6 Å². The molecule has 0 aliphatic rings. The summed E-state index contributed by atoms with van der Waals surface area (Å²) in [7, 11) is 0. The summed E-state index contributed by atoms with van der Waals surface area (Å²) in [5.41, 5.74) is 5.47. The van der Waals surface area contributed by atoms with E-state index in [1.54, 1.807) is 12.1 Å². The van der Waals surface area contributed by atoms with Crippen LogP contribution in [0.25, 0.3) is 5.65 Å². The van der Waals surface area contributed by atoms with Crippen LogP contribution in [0.15, 0.2) is 59.5 Å². The number of aromatic amines is 1. The Balaban J connectivity index is 0.000000286. The SMILES string of the molecule is N#Cc1c[nH]n2c(=O)c(O)c(C(=O)NCc3ccc(F)cc3)nc12.NCc1ccc(F)cc1. The number of H-pyrrole nitrogens is 1. The van der Waals surface area contributed by atoms with Crippen LogP contribution in [-0.2, 0) is 13.1 Å². The van der Waals surface area contributed by atoms with E-state index in [0.29, 0.717) is 12.1 Å². The van der Waals surface area contributed by atoms with E-state index in [1.165, 1.54) is 42.6 Å². The van der Waals surface area contributed by atoms with Gasteiger partial charge in [0.05, 0.1) is 0 Å². The summed E-state index contributed by atoms with van der Waals surface area (Å²) in [6.45, 7) is 0.526. The van der Waals surface area contributed by atoms with Crippen molar-refractivity contribution in [2.45, 2.75) is 13.1 Å². The van der Waals surface area contributed by atoms with Gasteiger partial charge in [0, 0.05) is 19.3 Å². The molecule has 0 radical (unpaired) electrons. The van der Waals surface area contributed by atoms with Gasteiger partial charge >= 0.3 is 5.56 Å². The van der Waals surface area contributed by atoms with Gasteiger partial charge in [-0.15, -0.1) is 0 Å². The summed E-state index contributed by atoms with van der Waals surface area (Å²) >= 11 is 0. The molecule has 4 rings (SSSR count). The molecular formula is C22H18F2N6O3. The number of rotatable bonds is 4. The molecule has 0 aliphatic carbocycles. The average Bonchev–Trinajstić information content (AvgIpc) is 3.25. The zero-order chi connectivity index (χ0) is 24.0. The molecule has 0 bridgehead atoms. The Morgan fingerprint density at radius 2 is 1.70 bits per heavy atom. The van der Waals surface area contributed by atoms with E-state index in [4.69, 9.17) is 11.0 Å². The molecule has 9 nitrogen and oxygen atoms in total. The van der Waals surface area contributed by atoms with Crippen LogP contribution in [-0.4, -0.2) is 25.6 Å². The van der Waals surface area contributed by atoms with Gasteiger partial charge in [0.1, 0.15) is 23.3 Å². The van der Waals surface area contributed by atoms with E-state index in [0.717, 1.165) is 10.1 Å². The summed E-state index contributed by atoms with van der Waals surface area (Å²) < 4.78 is 25.9. The first-order valence-corrected chi connectivity index (χ1v) is 9.54. The number of amides is 1. The fraction of sp³-hybridized carbons (Fsp3) is 0.0909. The number of hydrogen-bond donors (Lipinski definition) is 4. The van der Waals surface area contributed by atoms with Crippen LogP contribution in [0.4, 0.5) is 8.78 Å². The first-order chi connectivity index (χ1) is 15.8. The highest BCUT2D eigenvalue weighted by atomic mass is 19.1. The Morgan fingerprint density at radius 1 is 1.12 bits per heavy atom. The van der Waals surface area contributed by atoms with Crippen LogP contribution in [0.1, 0.15) is 27.2 Å². The van der Waals surface area contributed by atoms with E-state index >= 15 is 0 Å². The molecule has 5 N–H and O–H groups in total. The number of benzene rings is 2. The highest BCUT2D eigenvalue weighted by Gasteiger charge is 2.20. The van der Waals surface area contributed by atoms with E-state index < -0.39 is 28.7 Å². The minimum Gasteiger partial charge on any atom is -0.501 e. The summed E-state index contributed by atoms with van der Waals surface area (Å²) in [6, 6.07) is 13.4. The van der Waals surface area contributed by atoms with Gasteiger partial charge in [-0.1, -0.05) is 24.3 Å². The Labute approximate surface area is 185 Å². The molecule has 0 unspecified atom stereocenters. The molecule has 2 heterocycles. The van der Waals surface area contributed by atoms with Gasteiger partial charge in [0.2, 0.25) is 5.75 Å². The molecule has 2 aromatic carbocycles. The topological polar surface area (TPSA) is 149 Å². The molecule has 0 spiro atoms. The molecule has 1 amide bonds. The highest BCUT2D eigenvalue weighted by molar-refractivity contribution is 5.95. The number of nitrogens with zero attached hydrogens (tertiary/aromatic N) is 3. The smallest absolute Gasteiger partial charge is 0.315 e. The summed E-state index contributed by atoms with van der Waals surface area (Å²) in [5, 5.41) is 23.8. The molecule has 0 saturated carbocycles. The predicted molar refractivity (Wildman–Crippen MR) is 114 cm³/mol. The van der Waals surface area contributed by atoms with Crippen LogP contribution in [0.2, 0.25) is 0 Å². The van der Waals surface area contributed by atoms with Crippen molar-refractivity contribution in [2.24, 2.45) is 5.73 Å². The average molecular weight is 452 g/mol. The number of carbonyl (C=O) groups excluding carboxylic acids is 1. The Morgan fingerprint density at radius 3 is 2.24 bits per heavy atom. The third-order valence-corrected chi connectivity index (χ3v) is 4.49. The van der Waals surface area contributed by atoms with Crippen molar-refractivity contribution in [3.05, 3.63) is 99.1 Å².